The minimum Gasteiger partial charge on any atom is -0.466 e. The van der Waals surface area contributed by atoms with Crippen molar-refractivity contribution in [1.29, 1.82) is 0 Å². The van der Waals surface area contributed by atoms with Crippen LogP contribution < -0.4 is 0 Å². The van der Waals surface area contributed by atoms with Crippen molar-refractivity contribution in [3.63, 3.8) is 0 Å². The van der Waals surface area contributed by atoms with Gasteiger partial charge in [0.05, 0.1) is 20.5 Å². The molecule has 4 heteroatoms. The molecule has 0 unspecified atom stereocenters. The van der Waals surface area contributed by atoms with Crippen LogP contribution in [0.5, 0.6) is 0 Å². The first-order valence-corrected chi connectivity index (χ1v) is 18.3. The fraction of sp³-hybridized carbons (Fsp3) is 0.676. The van der Waals surface area contributed by atoms with Gasteiger partial charge in [-0.3, -0.25) is 4.79 Å². The zero-order valence-corrected chi connectivity index (χ0v) is 27.4. The van der Waals surface area contributed by atoms with Crippen LogP contribution in [0.25, 0.3) is 0 Å². The molecule has 0 saturated heterocycles. The monoisotopic (exact) mass is 544 g/mol. The standard InChI is InChI=1S/C34H57FO2Si/c1-11-37-33(36)23-21-29(3)17-14-16-28(2)18-15-19-32(35)31(5)22-20-30(4)24-26-34(6,7)25-12-13-27-38(8,9)10/h17-18,24H,11,14-16,19-23,25-27H2,1-10H3/b28-18+,29-17+,30-24+,32-31-. The number of ether oxygens (including phenoxy) is 1. The highest BCUT2D eigenvalue weighted by Gasteiger charge is 2.15. The van der Waals surface area contributed by atoms with Crippen LogP contribution in [0.2, 0.25) is 25.7 Å². The summed E-state index contributed by atoms with van der Waals surface area (Å²) in [6, 6.07) is 1.07. The van der Waals surface area contributed by atoms with Gasteiger partial charge in [0.15, 0.2) is 0 Å². The molecule has 0 saturated carbocycles. The van der Waals surface area contributed by atoms with Gasteiger partial charge in [0, 0.05) is 25.3 Å². The molecule has 0 N–H and O–H groups in total. The van der Waals surface area contributed by atoms with Crippen molar-refractivity contribution < 1.29 is 13.9 Å². The fourth-order valence-electron chi connectivity index (χ4n) is 3.72. The lowest BCUT2D eigenvalue weighted by Crippen LogP contribution is -2.17. The molecule has 0 spiro atoms. The molecule has 0 radical (unpaired) electrons. The van der Waals surface area contributed by atoms with Crippen LogP contribution >= 0.6 is 0 Å². The fourth-order valence-corrected chi connectivity index (χ4v) is 4.37. The van der Waals surface area contributed by atoms with Gasteiger partial charge >= 0.3 is 5.97 Å². The average Bonchev–Trinajstić information content (AvgIpc) is 2.82. The first-order chi connectivity index (χ1) is 17.6. The third-order valence-corrected chi connectivity index (χ3v) is 7.83. The Balaban J connectivity index is 4.46. The molecule has 216 valence electrons. The highest BCUT2D eigenvalue weighted by atomic mass is 28.3. The van der Waals surface area contributed by atoms with Crippen molar-refractivity contribution in [3.05, 3.63) is 46.3 Å². The molecule has 0 aromatic heterocycles. The topological polar surface area (TPSA) is 26.3 Å². The third-order valence-electron chi connectivity index (χ3n) is 6.59. The lowest BCUT2D eigenvalue weighted by Gasteiger charge is -2.20. The second-order valence-electron chi connectivity index (χ2n) is 12.9. The molecule has 0 heterocycles. The van der Waals surface area contributed by atoms with E-state index >= 15 is 0 Å². The predicted molar refractivity (Wildman–Crippen MR) is 168 cm³/mol. The van der Waals surface area contributed by atoms with Gasteiger partial charge in [0.2, 0.25) is 0 Å². The van der Waals surface area contributed by atoms with E-state index < -0.39 is 8.07 Å². The largest absolute Gasteiger partial charge is 0.466 e. The molecule has 0 amide bonds. The molecule has 0 aromatic carbocycles. The van der Waals surface area contributed by atoms with Crippen molar-refractivity contribution in [2.75, 3.05) is 6.61 Å². The molecule has 0 atom stereocenters. The number of hydrogen-bond acceptors (Lipinski definition) is 2. The summed E-state index contributed by atoms with van der Waals surface area (Å²) in [7, 11) is -1.09. The van der Waals surface area contributed by atoms with Crippen LogP contribution in [0.1, 0.15) is 113 Å². The van der Waals surface area contributed by atoms with E-state index in [1.54, 1.807) is 0 Å². The Morgan fingerprint density at radius 3 is 1.97 bits per heavy atom. The quantitative estimate of drug-likeness (QED) is 0.0787. The number of halogens is 1. The van der Waals surface area contributed by atoms with Crippen LogP contribution in [-0.4, -0.2) is 20.7 Å². The van der Waals surface area contributed by atoms with Crippen molar-refractivity contribution in [2.45, 2.75) is 138 Å². The van der Waals surface area contributed by atoms with Crippen molar-refractivity contribution >= 4 is 14.0 Å². The van der Waals surface area contributed by atoms with E-state index in [-0.39, 0.29) is 17.2 Å². The highest BCUT2D eigenvalue weighted by molar-refractivity contribution is 6.76. The second kappa shape index (κ2) is 19.2. The summed E-state index contributed by atoms with van der Waals surface area (Å²) < 4.78 is 19.6. The molecular formula is C34H57FO2Si. The van der Waals surface area contributed by atoms with Gasteiger partial charge in [-0.2, -0.15) is 0 Å². The first kappa shape index (κ1) is 36.1. The molecule has 0 aliphatic heterocycles. The van der Waals surface area contributed by atoms with Gasteiger partial charge in [0.25, 0.3) is 0 Å². The SMILES string of the molecule is CCOC(=O)CC/C(C)=C/CC/C(C)=C/CC/C(F)=C(\C)CC/C(C)=C/CC(C)(C)CC#CC[Si](C)(C)C. The van der Waals surface area contributed by atoms with E-state index in [1.165, 1.54) is 16.7 Å². The Morgan fingerprint density at radius 1 is 0.816 bits per heavy atom. The Morgan fingerprint density at radius 2 is 1.37 bits per heavy atom. The maximum atomic E-state index is 14.7. The molecule has 0 rings (SSSR count). The molecule has 2 nitrogen and oxygen atoms in total. The van der Waals surface area contributed by atoms with Gasteiger partial charge < -0.3 is 4.74 Å². The van der Waals surface area contributed by atoms with Gasteiger partial charge in [0.1, 0.15) is 0 Å². The molecule has 0 bridgehead atoms. The summed E-state index contributed by atoms with van der Waals surface area (Å²) in [4.78, 5) is 11.5. The second-order valence-corrected chi connectivity index (χ2v) is 18.3. The number of hydrogen-bond donors (Lipinski definition) is 0. The van der Waals surface area contributed by atoms with Crippen LogP contribution in [-0.2, 0) is 9.53 Å². The lowest BCUT2D eigenvalue weighted by atomic mass is 9.85. The Labute approximate surface area is 236 Å². The Hall–Kier alpha value is -1.86. The molecule has 0 fully saturated rings. The number of carbonyl (C=O) groups is 1. The highest BCUT2D eigenvalue weighted by Crippen LogP contribution is 2.27. The van der Waals surface area contributed by atoms with Crippen LogP contribution in [0.15, 0.2) is 46.3 Å². The van der Waals surface area contributed by atoms with E-state index in [0.717, 1.165) is 63.0 Å². The zero-order valence-electron chi connectivity index (χ0n) is 26.4. The summed E-state index contributed by atoms with van der Waals surface area (Å²) in [5, 5.41) is 0. The molecule has 0 aromatic rings. The molecule has 0 aliphatic carbocycles. The van der Waals surface area contributed by atoms with E-state index in [1.807, 2.05) is 13.8 Å². The summed E-state index contributed by atoms with van der Waals surface area (Å²) in [6.07, 6.45) is 14.6. The molecule has 0 aliphatic rings. The van der Waals surface area contributed by atoms with Gasteiger partial charge in [-0.1, -0.05) is 68.4 Å². The summed E-state index contributed by atoms with van der Waals surface area (Å²) in [6.45, 7) is 22.2. The van der Waals surface area contributed by atoms with E-state index in [9.17, 15) is 9.18 Å². The predicted octanol–water partition coefficient (Wildman–Crippen LogP) is 10.9. The number of esters is 1. The lowest BCUT2D eigenvalue weighted by molar-refractivity contribution is -0.143. The average molecular weight is 545 g/mol. The van der Waals surface area contributed by atoms with Crippen molar-refractivity contribution in [3.8, 4) is 11.8 Å². The summed E-state index contributed by atoms with van der Waals surface area (Å²) in [5.74, 6) is 6.70. The van der Waals surface area contributed by atoms with Crippen molar-refractivity contribution in [2.24, 2.45) is 5.41 Å². The minimum atomic E-state index is -1.09. The van der Waals surface area contributed by atoms with Crippen molar-refractivity contribution in [1.82, 2.24) is 0 Å². The number of rotatable bonds is 17. The maximum absolute atomic E-state index is 14.7. The minimum absolute atomic E-state index is 0.0366. The van der Waals surface area contributed by atoms with Crippen LogP contribution in [0.3, 0.4) is 0 Å². The maximum Gasteiger partial charge on any atom is 0.306 e. The molecular weight excluding hydrogens is 487 g/mol. The summed E-state index contributed by atoms with van der Waals surface area (Å²) >= 11 is 0. The first-order valence-electron chi connectivity index (χ1n) is 14.6. The van der Waals surface area contributed by atoms with Crippen LogP contribution in [0.4, 0.5) is 4.39 Å². The third kappa shape index (κ3) is 21.1. The van der Waals surface area contributed by atoms with Gasteiger partial charge in [-0.25, -0.2) is 4.39 Å². The van der Waals surface area contributed by atoms with Gasteiger partial charge in [-0.05, 0) is 90.6 Å². The number of allylic oxidation sites excluding steroid dienone is 8. The van der Waals surface area contributed by atoms with E-state index in [2.05, 4.69) is 84.3 Å². The normalized spacial score (nSPS) is 14.1. The number of carbonyl (C=O) groups excluding carboxylic acids is 1. The summed E-state index contributed by atoms with van der Waals surface area (Å²) in [5.41, 5.74) is 4.89. The van der Waals surface area contributed by atoms with E-state index in [0.29, 0.717) is 19.4 Å². The van der Waals surface area contributed by atoms with E-state index in [4.69, 9.17) is 4.74 Å². The van der Waals surface area contributed by atoms with Crippen LogP contribution in [0, 0.1) is 17.3 Å². The van der Waals surface area contributed by atoms with Gasteiger partial charge in [-0.15, -0.1) is 11.8 Å². The smallest absolute Gasteiger partial charge is 0.306 e. The molecule has 38 heavy (non-hydrogen) atoms. The Kier molecular flexibility index (Phi) is 18.3. The zero-order chi connectivity index (χ0) is 29.2. The Bertz CT molecular complexity index is 901.